The molecule has 0 saturated heterocycles. The molecule has 132 valence electrons. The Kier molecular flexibility index (Phi) is 4.39. The van der Waals surface area contributed by atoms with E-state index in [1.54, 1.807) is 0 Å². The second-order valence-corrected chi connectivity index (χ2v) is 6.49. The van der Waals surface area contributed by atoms with Crippen LogP contribution < -0.4 is 5.32 Å². The van der Waals surface area contributed by atoms with Gasteiger partial charge in [-0.05, 0) is 43.5 Å². The quantitative estimate of drug-likeness (QED) is 0.561. The highest BCUT2D eigenvalue weighted by Gasteiger charge is 2.15. The molecule has 2 N–H and O–H groups in total. The van der Waals surface area contributed by atoms with Crippen LogP contribution in [0.3, 0.4) is 0 Å². The van der Waals surface area contributed by atoms with Crippen molar-refractivity contribution in [3.8, 4) is 0 Å². The molecule has 0 bridgehead atoms. The van der Waals surface area contributed by atoms with Gasteiger partial charge in [-0.1, -0.05) is 24.3 Å². The summed E-state index contributed by atoms with van der Waals surface area (Å²) in [6.45, 7) is 1.93. The average molecular weight is 347 g/mol. The number of aryl methyl sites for hydroxylation is 1. The van der Waals surface area contributed by atoms with E-state index in [-0.39, 0.29) is 11.9 Å². The van der Waals surface area contributed by atoms with Gasteiger partial charge in [0.1, 0.15) is 0 Å². The molecule has 26 heavy (non-hydrogen) atoms. The lowest BCUT2D eigenvalue weighted by molar-refractivity contribution is -0.121. The Hall–Kier alpha value is -3.15. The number of carbonyl (C=O) groups excluding carboxylic acids is 1. The van der Waals surface area contributed by atoms with E-state index in [0.29, 0.717) is 6.42 Å². The lowest BCUT2D eigenvalue weighted by atomic mass is 10.1. The number of H-pyrrole nitrogens is 1. The van der Waals surface area contributed by atoms with Crippen molar-refractivity contribution in [3.05, 3.63) is 66.2 Å². The van der Waals surface area contributed by atoms with Crippen LogP contribution in [0.25, 0.3) is 16.6 Å². The predicted molar refractivity (Wildman–Crippen MR) is 101 cm³/mol. The van der Waals surface area contributed by atoms with E-state index in [9.17, 15) is 4.79 Å². The molecule has 3 aromatic heterocycles. The third-order valence-corrected chi connectivity index (χ3v) is 4.63. The largest absolute Gasteiger partial charge is 0.361 e. The van der Waals surface area contributed by atoms with Crippen LogP contribution in [0, 0.1) is 0 Å². The third kappa shape index (κ3) is 3.18. The van der Waals surface area contributed by atoms with Crippen molar-refractivity contribution >= 4 is 22.5 Å². The Morgan fingerprint density at radius 3 is 2.96 bits per heavy atom. The SMILES string of the molecule is CC(NC(=O)CCCc1c[nH]c2ccccc12)c1nnc2ccccn12. The van der Waals surface area contributed by atoms with E-state index in [0.717, 1.165) is 29.8 Å². The topological polar surface area (TPSA) is 75.1 Å². The van der Waals surface area contributed by atoms with Crippen molar-refractivity contribution in [2.45, 2.75) is 32.2 Å². The standard InChI is InChI=1S/C20H21N5O/c1-14(20-24-23-18-10-4-5-12-25(18)20)22-19(26)11-6-7-15-13-21-17-9-3-2-8-16(15)17/h2-5,8-10,12-14,21H,6-7,11H2,1H3,(H,22,26). The van der Waals surface area contributed by atoms with Crippen LogP contribution in [-0.2, 0) is 11.2 Å². The second kappa shape index (κ2) is 7.00. The van der Waals surface area contributed by atoms with E-state index in [2.05, 4.69) is 32.6 Å². The van der Waals surface area contributed by atoms with Crippen molar-refractivity contribution in [1.82, 2.24) is 24.9 Å². The third-order valence-electron chi connectivity index (χ3n) is 4.63. The van der Waals surface area contributed by atoms with Crippen molar-refractivity contribution in [3.63, 3.8) is 0 Å². The number of para-hydroxylation sites is 1. The zero-order valence-corrected chi connectivity index (χ0v) is 14.6. The normalized spacial score (nSPS) is 12.5. The monoisotopic (exact) mass is 347 g/mol. The molecular weight excluding hydrogens is 326 g/mol. The summed E-state index contributed by atoms with van der Waals surface area (Å²) < 4.78 is 1.90. The van der Waals surface area contributed by atoms with Gasteiger partial charge >= 0.3 is 0 Å². The summed E-state index contributed by atoms with van der Waals surface area (Å²) >= 11 is 0. The average Bonchev–Trinajstić information content (AvgIpc) is 3.26. The first-order chi connectivity index (χ1) is 12.7. The van der Waals surface area contributed by atoms with E-state index in [4.69, 9.17) is 0 Å². The number of aromatic nitrogens is 4. The van der Waals surface area contributed by atoms with Gasteiger partial charge in [-0.15, -0.1) is 10.2 Å². The first-order valence-corrected chi connectivity index (χ1v) is 8.86. The van der Waals surface area contributed by atoms with Crippen molar-refractivity contribution in [2.24, 2.45) is 0 Å². The molecule has 0 saturated carbocycles. The highest BCUT2D eigenvalue weighted by Crippen LogP contribution is 2.19. The highest BCUT2D eigenvalue weighted by atomic mass is 16.1. The summed E-state index contributed by atoms with van der Waals surface area (Å²) in [5.74, 6) is 0.774. The first kappa shape index (κ1) is 16.3. The van der Waals surface area contributed by atoms with Gasteiger partial charge in [0.25, 0.3) is 0 Å². The molecule has 6 heteroatoms. The molecule has 1 unspecified atom stereocenters. The molecule has 4 aromatic rings. The minimum Gasteiger partial charge on any atom is -0.361 e. The smallest absolute Gasteiger partial charge is 0.220 e. The molecule has 1 aromatic carbocycles. The van der Waals surface area contributed by atoms with Crippen LogP contribution >= 0.6 is 0 Å². The maximum absolute atomic E-state index is 12.3. The highest BCUT2D eigenvalue weighted by molar-refractivity contribution is 5.83. The fraction of sp³-hybridized carbons (Fsp3) is 0.250. The molecule has 3 heterocycles. The summed E-state index contributed by atoms with van der Waals surface area (Å²) in [7, 11) is 0. The van der Waals surface area contributed by atoms with Gasteiger partial charge in [0.2, 0.25) is 5.91 Å². The van der Waals surface area contributed by atoms with Crippen LogP contribution in [-0.4, -0.2) is 25.5 Å². The summed E-state index contributed by atoms with van der Waals surface area (Å²) in [5.41, 5.74) is 3.17. The molecule has 0 spiro atoms. The number of carbonyl (C=O) groups is 1. The van der Waals surface area contributed by atoms with Crippen molar-refractivity contribution < 1.29 is 4.79 Å². The van der Waals surface area contributed by atoms with Crippen LogP contribution in [0.4, 0.5) is 0 Å². The minimum atomic E-state index is -0.187. The number of pyridine rings is 1. The van der Waals surface area contributed by atoms with Gasteiger partial charge in [-0.2, -0.15) is 0 Å². The van der Waals surface area contributed by atoms with Crippen LogP contribution in [0.2, 0.25) is 0 Å². The molecule has 0 aliphatic carbocycles. The fourth-order valence-corrected chi connectivity index (χ4v) is 3.31. The number of nitrogens with zero attached hydrogens (tertiary/aromatic N) is 3. The summed E-state index contributed by atoms with van der Waals surface area (Å²) in [6.07, 6.45) is 6.11. The molecule has 0 aliphatic rings. The van der Waals surface area contributed by atoms with Gasteiger partial charge in [-0.3, -0.25) is 9.20 Å². The van der Waals surface area contributed by atoms with Crippen LogP contribution in [0.5, 0.6) is 0 Å². The summed E-state index contributed by atoms with van der Waals surface area (Å²) in [6, 6.07) is 13.8. The summed E-state index contributed by atoms with van der Waals surface area (Å²) in [4.78, 5) is 15.6. The molecule has 0 aliphatic heterocycles. The molecule has 0 radical (unpaired) electrons. The predicted octanol–water partition coefficient (Wildman–Crippen LogP) is 3.41. The number of hydrogen-bond donors (Lipinski definition) is 2. The Bertz CT molecular complexity index is 1050. The van der Waals surface area contributed by atoms with E-state index in [1.165, 1.54) is 10.9 Å². The number of benzene rings is 1. The number of amides is 1. The Morgan fingerprint density at radius 2 is 2.04 bits per heavy atom. The number of hydrogen-bond acceptors (Lipinski definition) is 3. The molecule has 0 fully saturated rings. The molecule has 4 rings (SSSR count). The minimum absolute atomic E-state index is 0.0324. The first-order valence-electron chi connectivity index (χ1n) is 8.86. The maximum atomic E-state index is 12.3. The van der Waals surface area contributed by atoms with E-state index >= 15 is 0 Å². The Morgan fingerprint density at radius 1 is 1.19 bits per heavy atom. The maximum Gasteiger partial charge on any atom is 0.220 e. The van der Waals surface area contributed by atoms with Gasteiger partial charge in [0.05, 0.1) is 6.04 Å². The number of nitrogens with one attached hydrogen (secondary N) is 2. The van der Waals surface area contributed by atoms with Crippen LogP contribution in [0.15, 0.2) is 54.9 Å². The second-order valence-electron chi connectivity index (χ2n) is 6.49. The van der Waals surface area contributed by atoms with Gasteiger partial charge in [-0.25, -0.2) is 0 Å². The molecule has 6 nitrogen and oxygen atoms in total. The number of rotatable bonds is 6. The van der Waals surface area contributed by atoms with E-state index < -0.39 is 0 Å². The lowest BCUT2D eigenvalue weighted by Gasteiger charge is -2.12. The molecular formula is C20H21N5O. The molecule has 1 atom stereocenters. The van der Waals surface area contributed by atoms with Gasteiger partial charge < -0.3 is 10.3 Å². The Labute approximate surface area is 151 Å². The van der Waals surface area contributed by atoms with E-state index in [1.807, 2.05) is 54.0 Å². The zero-order chi connectivity index (χ0) is 17.9. The zero-order valence-electron chi connectivity index (χ0n) is 14.6. The lowest BCUT2D eigenvalue weighted by Crippen LogP contribution is -2.27. The Balaban J connectivity index is 1.34. The van der Waals surface area contributed by atoms with Crippen molar-refractivity contribution in [2.75, 3.05) is 0 Å². The van der Waals surface area contributed by atoms with Crippen LogP contribution in [0.1, 0.15) is 37.2 Å². The van der Waals surface area contributed by atoms with Gasteiger partial charge in [0.15, 0.2) is 11.5 Å². The van der Waals surface area contributed by atoms with Gasteiger partial charge in [0, 0.05) is 29.7 Å². The molecule has 1 amide bonds. The number of aromatic amines is 1. The fourth-order valence-electron chi connectivity index (χ4n) is 3.31. The number of fused-ring (bicyclic) bond motifs is 2. The summed E-state index contributed by atoms with van der Waals surface area (Å²) in [5, 5.41) is 12.6. The van der Waals surface area contributed by atoms with Crippen molar-refractivity contribution in [1.29, 1.82) is 0 Å².